The first-order chi connectivity index (χ1) is 10.2. The SMILES string of the molecule is O=C(Nc1ccc(SC(F)(F)F)cc1)c1cc(I)ccc1O. The summed E-state index contributed by atoms with van der Waals surface area (Å²) in [4.78, 5) is 12.1. The molecule has 0 heterocycles. The summed E-state index contributed by atoms with van der Waals surface area (Å²) in [5.41, 5.74) is -3.91. The second kappa shape index (κ2) is 6.78. The summed E-state index contributed by atoms with van der Waals surface area (Å²) in [6, 6.07) is 9.84. The number of thioether (sulfide) groups is 1. The molecule has 0 unspecified atom stereocenters. The normalized spacial score (nSPS) is 11.3. The number of anilines is 1. The number of rotatable bonds is 3. The smallest absolute Gasteiger partial charge is 0.446 e. The minimum Gasteiger partial charge on any atom is -0.507 e. The van der Waals surface area contributed by atoms with Crippen LogP contribution >= 0.6 is 34.4 Å². The molecule has 0 radical (unpaired) electrons. The van der Waals surface area contributed by atoms with Crippen LogP contribution in [0.2, 0.25) is 0 Å². The lowest BCUT2D eigenvalue weighted by molar-refractivity contribution is -0.0328. The monoisotopic (exact) mass is 439 g/mol. The Morgan fingerprint density at radius 1 is 1.14 bits per heavy atom. The van der Waals surface area contributed by atoms with Gasteiger partial charge in [-0.05, 0) is 76.8 Å². The van der Waals surface area contributed by atoms with Gasteiger partial charge in [0.1, 0.15) is 5.75 Å². The molecule has 1 amide bonds. The van der Waals surface area contributed by atoms with Crippen LogP contribution in [0.15, 0.2) is 47.4 Å². The molecule has 0 spiro atoms. The van der Waals surface area contributed by atoms with Crippen LogP contribution in [-0.4, -0.2) is 16.5 Å². The molecular formula is C14H9F3INO2S. The summed E-state index contributed by atoms with van der Waals surface area (Å²) in [6.07, 6.45) is 0. The van der Waals surface area contributed by atoms with Crippen molar-refractivity contribution in [3.05, 3.63) is 51.6 Å². The van der Waals surface area contributed by atoms with Crippen LogP contribution in [0.4, 0.5) is 18.9 Å². The van der Waals surface area contributed by atoms with E-state index in [2.05, 4.69) is 5.32 Å². The van der Waals surface area contributed by atoms with E-state index in [1.54, 1.807) is 6.07 Å². The average molecular weight is 439 g/mol. The minimum absolute atomic E-state index is 0.0302. The van der Waals surface area contributed by atoms with Crippen LogP contribution in [0.3, 0.4) is 0 Å². The molecule has 0 saturated heterocycles. The fourth-order valence-electron chi connectivity index (χ4n) is 1.63. The van der Waals surface area contributed by atoms with Gasteiger partial charge in [0.2, 0.25) is 0 Å². The maximum Gasteiger partial charge on any atom is 0.446 e. The molecule has 0 bridgehead atoms. The zero-order valence-corrected chi connectivity index (χ0v) is 13.8. The van der Waals surface area contributed by atoms with Crippen molar-refractivity contribution < 1.29 is 23.1 Å². The largest absolute Gasteiger partial charge is 0.507 e. The van der Waals surface area contributed by atoms with E-state index in [-0.39, 0.29) is 28.0 Å². The Bertz CT molecular complexity index is 689. The summed E-state index contributed by atoms with van der Waals surface area (Å²) < 4.78 is 37.4. The van der Waals surface area contributed by atoms with E-state index in [4.69, 9.17) is 0 Å². The van der Waals surface area contributed by atoms with Crippen LogP contribution in [-0.2, 0) is 0 Å². The van der Waals surface area contributed by atoms with Gasteiger partial charge in [0.05, 0.1) is 5.56 Å². The number of halogens is 4. The third kappa shape index (κ3) is 4.80. The number of carbonyl (C=O) groups excluding carboxylic acids is 1. The van der Waals surface area contributed by atoms with Gasteiger partial charge in [-0.1, -0.05) is 0 Å². The molecule has 2 rings (SSSR count). The number of phenols is 1. The van der Waals surface area contributed by atoms with Crippen molar-refractivity contribution in [3.63, 3.8) is 0 Å². The van der Waals surface area contributed by atoms with Crippen molar-refractivity contribution in [2.45, 2.75) is 10.4 Å². The molecule has 0 aliphatic carbocycles. The van der Waals surface area contributed by atoms with Crippen LogP contribution in [0, 0.1) is 3.57 Å². The molecule has 0 saturated carbocycles. The zero-order valence-electron chi connectivity index (χ0n) is 10.8. The highest BCUT2D eigenvalue weighted by molar-refractivity contribution is 14.1. The number of hydrogen-bond donors (Lipinski definition) is 2. The van der Waals surface area contributed by atoms with Gasteiger partial charge in [0.25, 0.3) is 5.91 Å². The van der Waals surface area contributed by atoms with Crippen molar-refractivity contribution >= 4 is 45.9 Å². The van der Waals surface area contributed by atoms with Crippen molar-refractivity contribution in [2.75, 3.05) is 5.32 Å². The van der Waals surface area contributed by atoms with Crippen LogP contribution in [0.1, 0.15) is 10.4 Å². The minimum atomic E-state index is -4.35. The highest BCUT2D eigenvalue weighted by Crippen LogP contribution is 2.37. The van der Waals surface area contributed by atoms with Crippen LogP contribution < -0.4 is 5.32 Å². The summed E-state index contributed by atoms with van der Waals surface area (Å²) in [5.74, 6) is -0.700. The lowest BCUT2D eigenvalue weighted by Gasteiger charge is -2.09. The summed E-state index contributed by atoms with van der Waals surface area (Å²) in [6.45, 7) is 0. The third-order valence-electron chi connectivity index (χ3n) is 2.55. The number of alkyl halides is 3. The molecule has 22 heavy (non-hydrogen) atoms. The summed E-state index contributed by atoms with van der Waals surface area (Å²) >= 11 is 1.78. The van der Waals surface area contributed by atoms with Gasteiger partial charge in [0.15, 0.2) is 0 Å². The second-order valence-corrected chi connectivity index (χ2v) is 6.57. The highest BCUT2D eigenvalue weighted by Gasteiger charge is 2.29. The second-order valence-electron chi connectivity index (χ2n) is 4.19. The summed E-state index contributed by atoms with van der Waals surface area (Å²) in [5, 5.41) is 12.2. The predicted molar refractivity (Wildman–Crippen MR) is 87.1 cm³/mol. The Hall–Kier alpha value is -1.42. The van der Waals surface area contributed by atoms with Gasteiger partial charge in [0, 0.05) is 14.2 Å². The lowest BCUT2D eigenvalue weighted by atomic mass is 10.2. The highest BCUT2D eigenvalue weighted by atomic mass is 127. The molecule has 2 aromatic rings. The molecule has 0 fully saturated rings. The van der Waals surface area contributed by atoms with Crippen LogP contribution in [0.25, 0.3) is 0 Å². The molecule has 0 aromatic heterocycles. The average Bonchev–Trinajstić information content (AvgIpc) is 2.42. The van der Waals surface area contributed by atoms with Gasteiger partial charge in [-0.25, -0.2) is 0 Å². The van der Waals surface area contributed by atoms with E-state index in [1.807, 2.05) is 22.6 Å². The number of benzene rings is 2. The fraction of sp³-hybridized carbons (Fsp3) is 0.0714. The quantitative estimate of drug-likeness (QED) is 0.531. The standard InChI is InChI=1S/C14H9F3INO2S/c15-14(16,17)22-10-4-2-9(3-5-10)19-13(21)11-7-8(18)1-6-12(11)20/h1-7,20H,(H,19,21). The Kier molecular flexibility index (Phi) is 5.22. The molecule has 3 nitrogen and oxygen atoms in total. The predicted octanol–water partition coefficient (Wildman–Crippen LogP) is 4.86. The Balaban J connectivity index is 2.10. The first kappa shape index (κ1) is 16.9. The topological polar surface area (TPSA) is 49.3 Å². The van der Waals surface area contributed by atoms with Crippen LogP contribution in [0.5, 0.6) is 5.75 Å². The van der Waals surface area contributed by atoms with Crippen molar-refractivity contribution in [1.82, 2.24) is 0 Å². The van der Waals surface area contributed by atoms with Gasteiger partial charge >= 0.3 is 5.51 Å². The molecule has 8 heteroatoms. The lowest BCUT2D eigenvalue weighted by Crippen LogP contribution is -2.12. The first-order valence-electron chi connectivity index (χ1n) is 5.90. The zero-order chi connectivity index (χ0) is 16.3. The number of nitrogens with one attached hydrogen (secondary N) is 1. The number of aromatic hydroxyl groups is 1. The van der Waals surface area contributed by atoms with E-state index < -0.39 is 11.4 Å². The Labute approximate surface area is 142 Å². The van der Waals surface area contributed by atoms with E-state index in [0.717, 1.165) is 3.57 Å². The maximum atomic E-state index is 12.2. The van der Waals surface area contributed by atoms with E-state index in [9.17, 15) is 23.1 Å². The molecule has 2 N–H and O–H groups in total. The molecule has 2 aromatic carbocycles. The van der Waals surface area contributed by atoms with Crippen molar-refractivity contribution in [2.24, 2.45) is 0 Å². The Morgan fingerprint density at radius 2 is 1.77 bits per heavy atom. The number of carbonyl (C=O) groups is 1. The molecular weight excluding hydrogens is 430 g/mol. The number of hydrogen-bond acceptors (Lipinski definition) is 3. The number of phenolic OH excluding ortho intramolecular Hbond substituents is 1. The van der Waals surface area contributed by atoms with E-state index >= 15 is 0 Å². The van der Waals surface area contributed by atoms with Crippen molar-refractivity contribution in [3.8, 4) is 5.75 Å². The fourth-order valence-corrected chi connectivity index (χ4v) is 2.66. The molecule has 0 atom stereocenters. The van der Waals surface area contributed by atoms with E-state index in [1.165, 1.54) is 36.4 Å². The molecule has 0 aliphatic heterocycles. The Morgan fingerprint density at radius 3 is 2.36 bits per heavy atom. The van der Waals surface area contributed by atoms with Gasteiger partial charge in [-0.15, -0.1) is 0 Å². The van der Waals surface area contributed by atoms with Gasteiger partial charge in [-0.3, -0.25) is 4.79 Å². The first-order valence-corrected chi connectivity index (χ1v) is 7.80. The maximum absolute atomic E-state index is 12.2. The van der Waals surface area contributed by atoms with Gasteiger partial charge < -0.3 is 10.4 Å². The molecule has 116 valence electrons. The van der Waals surface area contributed by atoms with E-state index in [0.29, 0.717) is 5.69 Å². The van der Waals surface area contributed by atoms with Crippen molar-refractivity contribution in [1.29, 1.82) is 0 Å². The third-order valence-corrected chi connectivity index (χ3v) is 3.96. The molecule has 0 aliphatic rings. The summed E-state index contributed by atoms with van der Waals surface area (Å²) in [7, 11) is 0. The number of amides is 1. The van der Waals surface area contributed by atoms with Gasteiger partial charge in [-0.2, -0.15) is 13.2 Å².